The first kappa shape index (κ1) is 17.2. The van der Waals surface area contributed by atoms with Crippen molar-refractivity contribution < 1.29 is 8.42 Å². The van der Waals surface area contributed by atoms with Gasteiger partial charge < -0.3 is 5.43 Å². The smallest absolute Gasteiger partial charge is 0.240 e. The van der Waals surface area contributed by atoms with Crippen LogP contribution in [0.15, 0.2) is 23.2 Å². The van der Waals surface area contributed by atoms with Crippen LogP contribution >= 0.6 is 11.8 Å². The summed E-state index contributed by atoms with van der Waals surface area (Å²) in [7, 11) is -3.56. The number of pyridine rings is 1. The van der Waals surface area contributed by atoms with Crippen molar-refractivity contribution in [1.82, 2.24) is 9.71 Å². The minimum atomic E-state index is -3.56. The van der Waals surface area contributed by atoms with Crippen molar-refractivity contribution in [2.75, 3.05) is 18.2 Å². The predicted molar refractivity (Wildman–Crippen MR) is 84.1 cm³/mol. The highest BCUT2D eigenvalue weighted by Crippen LogP contribution is 2.30. The Bertz CT molecular complexity index is 522. The highest BCUT2D eigenvalue weighted by Gasteiger charge is 2.27. The van der Waals surface area contributed by atoms with Gasteiger partial charge in [-0.05, 0) is 25.2 Å². The maximum absolute atomic E-state index is 12.3. The van der Waals surface area contributed by atoms with Crippen LogP contribution in [0.3, 0.4) is 0 Å². The first-order valence-electron chi connectivity index (χ1n) is 6.40. The fraction of sp³-hybridized carbons (Fsp3) is 0.583. The van der Waals surface area contributed by atoms with Crippen molar-refractivity contribution in [3.8, 4) is 0 Å². The van der Waals surface area contributed by atoms with Crippen LogP contribution in [0.2, 0.25) is 0 Å². The van der Waals surface area contributed by atoms with E-state index < -0.39 is 10.0 Å². The molecular formula is C12H22N4O2S2. The predicted octanol–water partition coefficient (Wildman–Crippen LogP) is 1.57. The fourth-order valence-corrected chi connectivity index (χ4v) is 3.85. The quantitative estimate of drug-likeness (QED) is 0.497. The number of nitrogens with zero attached hydrogens (tertiary/aromatic N) is 1. The molecule has 0 aliphatic carbocycles. The molecule has 4 N–H and O–H groups in total. The molecule has 1 aromatic rings. The van der Waals surface area contributed by atoms with Crippen LogP contribution in [0, 0.1) is 0 Å². The van der Waals surface area contributed by atoms with E-state index in [0.29, 0.717) is 12.4 Å². The maximum atomic E-state index is 12.3. The van der Waals surface area contributed by atoms with Crippen molar-refractivity contribution in [2.24, 2.45) is 5.84 Å². The Kier molecular flexibility index (Phi) is 6.25. The lowest BCUT2D eigenvalue weighted by molar-refractivity contribution is 0.522. The summed E-state index contributed by atoms with van der Waals surface area (Å²) in [6.07, 6.45) is 5.22. The van der Waals surface area contributed by atoms with Crippen molar-refractivity contribution in [2.45, 2.75) is 36.3 Å². The van der Waals surface area contributed by atoms with Gasteiger partial charge in [0.2, 0.25) is 10.0 Å². The summed E-state index contributed by atoms with van der Waals surface area (Å²) in [5.41, 5.74) is 2.34. The van der Waals surface area contributed by atoms with Crippen molar-refractivity contribution >= 4 is 27.6 Å². The van der Waals surface area contributed by atoms with Crippen LogP contribution in [0.4, 0.5) is 5.82 Å². The molecule has 0 spiro atoms. The summed E-state index contributed by atoms with van der Waals surface area (Å²) >= 11 is 1.69. The van der Waals surface area contributed by atoms with Gasteiger partial charge in [0.25, 0.3) is 0 Å². The molecule has 0 unspecified atom stereocenters. The van der Waals surface area contributed by atoms with Gasteiger partial charge in [-0.15, -0.1) is 0 Å². The summed E-state index contributed by atoms with van der Waals surface area (Å²) in [4.78, 5) is 4.05. The van der Waals surface area contributed by atoms with Gasteiger partial charge in [0.1, 0.15) is 5.82 Å². The topological polar surface area (TPSA) is 97.1 Å². The number of aromatic nitrogens is 1. The molecule has 0 atom stereocenters. The second-order valence-corrected chi connectivity index (χ2v) is 7.48. The van der Waals surface area contributed by atoms with Crippen LogP contribution < -0.4 is 16.0 Å². The third kappa shape index (κ3) is 4.08. The monoisotopic (exact) mass is 318 g/mol. The molecule has 1 aromatic heterocycles. The molecule has 8 heteroatoms. The molecule has 114 valence electrons. The molecule has 1 heterocycles. The second kappa shape index (κ2) is 7.26. The summed E-state index contributed by atoms with van der Waals surface area (Å²) in [6.45, 7) is 4.53. The van der Waals surface area contributed by atoms with E-state index in [1.807, 2.05) is 6.26 Å². The van der Waals surface area contributed by atoms with Crippen molar-refractivity contribution in [1.29, 1.82) is 0 Å². The Morgan fingerprint density at radius 3 is 2.55 bits per heavy atom. The largest absolute Gasteiger partial charge is 0.308 e. The molecule has 0 saturated heterocycles. The number of nitrogens with one attached hydrogen (secondary N) is 2. The van der Waals surface area contributed by atoms with Gasteiger partial charge in [0, 0.05) is 23.6 Å². The van der Waals surface area contributed by atoms with Crippen molar-refractivity contribution in [3.63, 3.8) is 0 Å². The lowest BCUT2D eigenvalue weighted by atomic mass is 10.0. The molecule has 0 fully saturated rings. The third-order valence-corrected chi connectivity index (χ3v) is 6.48. The van der Waals surface area contributed by atoms with Gasteiger partial charge in [0.05, 0.1) is 4.90 Å². The Labute approximate surface area is 124 Å². The zero-order chi connectivity index (χ0) is 15.2. The minimum absolute atomic E-state index is 0.0744. The third-order valence-electron chi connectivity index (χ3n) is 3.50. The normalized spacial score (nSPS) is 12.4. The highest BCUT2D eigenvalue weighted by atomic mass is 32.2. The van der Waals surface area contributed by atoms with Crippen molar-refractivity contribution in [3.05, 3.63) is 18.3 Å². The lowest BCUT2D eigenvalue weighted by Gasteiger charge is -2.29. The van der Waals surface area contributed by atoms with E-state index in [1.165, 1.54) is 18.3 Å². The number of rotatable bonds is 8. The zero-order valence-corrected chi connectivity index (χ0v) is 13.6. The standard InChI is InChI=1S/C12H22N4O2S2/c1-4-12(5-2,19-3)9-15-20(17,18)10-6-7-14-11(8-10)16-13/h6-8,15H,4-5,9,13H2,1-3H3,(H,14,16). The molecule has 6 nitrogen and oxygen atoms in total. The molecule has 0 aromatic carbocycles. The van der Waals surface area contributed by atoms with E-state index in [9.17, 15) is 8.42 Å². The Hall–Kier alpha value is -0.830. The Morgan fingerprint density at radius 1 is 1.40 bits per heavy atom. The van der Waals surface area contributed by atoms with E-state index >= 15 is 0 Å². The molecular weight excluding hydrogens is 296 g/mol. The SMILES string of the molecule is CCC(CC)(CNS(=O)(=O)c1ccnc(NN)c1)SC. The van der Waals surface area contributed by atoms with Crippen LogP contribution in [-0.4, -0.2) is 30.9 Å². The number of anilines is 1. The fourth-order valence-electron chi connectivity index (χ4n) is 1.83. The van der Waals surface area contributed by atoms with Gasteiger partial charge in [-0.25, -0.2) is 24.0 Å². The number of sulfonamides is 1. The van der Waals surface area contributed by atoms with E-state index in [0.717, 1.165) is 12.8 Å². The maximum Gasteiger partial charge on any atom is 0.240 e. The summed E-state index contributed by atoms with van der Waals surface area (Å²) in [6, 6.07) is 2.85. The summed E-state index contributed by atoms with van der Waals surface area (Å²) in [5, 5.41) is 0. The first-order valence-corrected chi connectivity index (χ1v) is 9.11. The van der Waals surface area contributed by atoms with Gasteiger partial charge >= 0.3 is 0 Å². The van der Waals surface area contributed by atoms with E-state index in [2.05, 4.69) is 29.0 Å². The van der Waals surface area contributed by atoms with Gasteiger partial charge in [-0.1, -0.05) is 13.8 Å². The van der Waals surface area contributed by atoms with E-state index in [1.54, 1.807) is 11.8 Å². The number of nitrogens with two attached hydrogens (primary N) is 1. The van der Waals surface area contributed by atoms with Gasteiger partial charge in [-0.2, -0.15) is 11.8 Å². The van der Waals surface area contributed by atoms with Crippen LogP contribution in [0.25, 0.3) is 0 Å². The molecule has 0 aliphatic heterocycles. The molecule has 0 bridgehead atoms. The average molecular weight is 318 g/mol. The molecule has 0 amide bonds. The van der Waals surface area contributed by atoms with E-state index in [4.69, 9.17) is 5.84 Å². The first-order chi connectivity index (χ1) is 9.43. The zero-order valence-electron chi connectivity index (χ0n) is 12.0. The number of hydrogen-bond acceptors (Lipinski definition) is 6. The summed E-state index contributed by atoms with van der Waals surface area (Å²) in [5.74, 6) is 5.55. The number of hydrazine groups is 1. The number of hydrogen-bond donors (Lipinski definition) is 3. The lowest BCUT2D eigenvalue weighted by Crippen LogP contribution is -2.39. The molecule has 0 aliphatic rings. The average Bonchev–Trinajstić information content (AvgIpc) is 2.49. The Balaban J connectivity index is 2.89. The highest BCUT2D eigenvalue weighted by molar-refractivity contribution is 8.00. The van der Waals surface area contributed by atoms with Gasteiger partial charge in [-0.3, -0.25) is 0 Å². The molecule has 20 heavy (non-hydrogen) atoms. The van der Waals surface area contributed by atoms with Crippen LogP contribution in [0.1, 0.15) is 26.7 Å². The Morgan fingerprint density at radius 2 is 2.05 bits per heavy atom. The molecule has 1 rings (SSSR count). The molecule has 0 radical (unpaired) electrons. The van der Waals surface area contributed by atoms with Gasteiger partial charge in [0.15, 0.2) is 0 Å². The van der Waals surface area contributed by atoms with Crippen LogP contribution in [-0.2, 0) is 10.0 Å². The second-order valence-electron chi connectivity index (χ2n) is 4.44. The minimum Gasteiger partial charge on any atom is -0.308 e. The van der Waals surface area contributed by atoms with E-state index in [-0.39, 0.29) is 9.64 Å². The summed E-state index contributed by atoms with van der Waals surface area (Å²) < 4.78 is 27.2. The van der Waals surface area contributed by atoms with Crippen LogP contribution in [0.5, 0.6) is 0 Å². The molecule has 0 saturated carbocycles. The number of thioether (sulfide) groups is 1. The number of nitrogen functional groups attached to an aromatic ring is 1.